The summed E-state index contributed by atoms with van der Waals surface area (Å²) in [4.78, 5) is 63.7. The summed E-state index contributed by atoms with van der Waals surface area (Å²) in [5.74, 6) is -6.02. The molecule has 43 heavy (non-hydrogen) atoms. The summed E-state index contributed by atoms with van der Waals surface area (Å²) in [6.45, 7) is 5.93. The molecular formula is C31H41N3O9. The van der Waals surface area contributed by atoms with Gasteiger partial charge in [-0.05, 0) is 36.5 Å². The second-order valence-corrected chi connectivity index (χ2v) is 10.7. The van der Waals surface area contributed by atoms with Gasteiger partial charge in [-0.15, -0.1) is 0 Å². The summed E-state index contributed by atoms with van der Waals surface area (Å²) in [5, 5.41) is 30.7. The average molecular weight is 600 g/mol. The van der Waals surface area contributed by atoms with Gasteiger partial charge in [0, 0.05) is 18.7 Å². The maximum atomic E-state index is 13.6. The lowest BCUT2D eigenvalue weighted by Crippen LogP contribution is -2.52. The van der Waals surface area contributed by atoms with E-state index < -0.39 is 54.1 Å². The lowest BCUT2D eigenvalue weighted by Gasteiger charge is -2.28. The zero-order valence-electron chi connectivity index (χ0n) is 24.7. The number of rotatable bonds is 18. The van der Waals surface area contributed by atoms with Crippen molar-refractivity contribution < 1.29 is 44.1 Å². The molecule has 0 aliphatic rings. The Kier molecular flexibility index (Phi) is 14.1. The molecule has 0 aromatic heterocycles. The standard InChI is InChI=1S/C31H41N3O9/c1-4-5-9-16-34(30(39)25(18-26(35)36)32-28(37)24(17-20(2)3)29(38)33-42)19-21-12-14-23(15-13-21)43-27(31(40)41)22-10-7-6-8-11-22/h6-8,10-15,20,24-25,27,42H,4-5,9,16-19H2,1-3H3,(H,32,37)(H,33,38)(H,35,36)(H,40,41)/t24?,25-,27?/m0/s1. The average Bonchev–Trinajstić information content (AvgIpc) is 2.97. The molecule has 234 valence electrons. The molecule has 12 heteroatoms. The molecule has 2 rings (SSSR count). The third kappa shape index (κ3) is 11.4. The van der Waals surface area contributed by atoms with E-state index >= 15 is 0 Å². The van der Waals surface area contributed by atoms with Crippen molar-refractivity contribution in [3.05, 3.63) is 65.7 Å². The molecule has 0 fully saturated rings. The van der Waals surface area contributed by atoms with Crippen molar-refractivity contribution >= 4 is 29.7 Å². The van der Waals surface area contributed by atoms with Gasteiger partial charge < -0.3 is 25.2 Å². The van der Waals surface area contributed by atoms with Crippen LogP contribution in [0.15, 0.2) is 54.6 Å². The van der Waals surface area contributed by atoms with Gasteiger partial charge in [-0.1, -0.05) is 76.1 Å². The van der Waals surface area contributed by atoms with Gasteiger partial charge in [0.1, 0.15) is 17.7 Å². The number of carboxylic acids is 2. The van der Waals surface area contributed by atoms with Crippen molar-refractivity contribution in [3.63, 3.8) is 0 Å². The van der Waals surface area contributed by atoms with Crippen molar-refractivity contribution in [2.75, 3.05) is 6.54 Å². The number of hydrogen-bond donors (Lipinski definition) is 5. The van der Waals surface area contributed by atoms with Gasteiger partial charge in [-0.3, -0.25) is 24.4 Å². The van der Waals surface area contributed by atoms with E-state index in [-0.39, 0.29) is 18.9 Å². The molecule has 0 spiro atoms. The fraction of sp³-hybridized carbons (Fsp3) is 0.452. The maximum Gasteiger partial charge on any atom is 0.349 e. The molecule has 2 aromatic carbocycles. The Hall–Kier alpha value is -4.45. The number of aliphatic carboxylic acids is 2. The second kappa shape index (κ2) is 17.5. The molecule has 12 nitrogen and oxygen atoms in total. The Bertz CT molecular complexity index is 1220. The minimum absolute atomic E-state index is 0.0772. The lowest BCUT2D eigenvalue weighted by atomic mass is 9.95. The number of carbonyl (C=O) groups excluding carboxylic acids is 3. The van der Waals surface area contributed by atoms with E-state index in [9.17, 15) is 34.2 Å². The number of nitrogens with zero attached hydrogens (tertiary/aromatic N) is 1. The predicted molar refractivity (Wildman–Crippen MR) is 156 cm³/mol. The van der Waals surface area contributed by atoms with Crippen LogP contribution < -0.4 is 15.5 Å². The zero-order chi connectivity index (χ0) is 31.9. The smallest absolute Gasteiger partial charge is 0.349 e. The van der Waals surface area contributed by atoms with E-state index in [4.69, 9.17) is 9.94 Å². The topological polar surface area (TPSA) is 183 Å². The number of amides is 3. The van der Waals surface area contributed by atoms with Crippen LogP contribution in [-0.2, 0) is 30.5 Å². The van der Waals surface area contributed by atoms with Gasteiger partial charge in [0.05, 0.1) is 6.42 Å². The van der Waals surface area contributed by atoms with E-state index in [1.807, 2.05) is 6.92 Å². The first kappa shape index (κ1) is 34.7. The first-order valence-electron chi connectivity index (χ1n) is 14.2. The van der Waals surface area contributed by atoms with Gasteiger partial charge in [-0.25, -0.2) is 10.3 Å². The molecule has 3 amide bonds. The first-order valence-corrected chi connectivity index (χ1v) is 14.2. The number of carbonyl (C=O) groups is 5. The maximum absolute atomic E-state index is 13.6. The van der Waals surface area contributed by atoms with Gasteiger partial charge in [0.2, 0.25) is 17.9 Å². The Morgan fingerprint density at radius 3 is 2.09 bits per heavy atom. The molecule has 0 aliphatic heterocycles. The van der Waals surface area contributed by atoms with Crippen LogP contribution in [0.2, 0.25) is 0 Å². The number of hydroxylamine groups is 1. The van der Waals surface area contributed by atoms with E-state index in [1.165, 1.54) is 10.4 Å². The van der Waals surface area contributed by atoms with Crippen molar-refractivity contribution in [1.82, 2.24) is 15.7 Å². The molecule has 3 atom stereocenters. The van der Waals surface area contributed by atoms with Crippen molar-refractivity contribution in [2.24, 2.45) is 11.8 Å². The van der Waals surface area contributed by atoms with Crippen molar-refractivity contribution in [2.45, 2.75) is 71.6 Å². The first-order chi connectivity index (χ1) is 20.5. The largest absolute Gasteiger partial charge is 0.481 e. The SMILES string of the molecule is CCCCCN(Cc1ccc(OC(C(=O)O)c2ccccc2)cc1)C(=O)[C@H](CC(=O)O)NC(=O)C(CC(C)C)C(=O)NO. The van der Waals surface area contributed by atoms with Crippen molar-refractivity contribution in [3.8, 4) is 5.75 Å². The quantitative estimate of drug-likeness (QED) is 0.0740. The molecule has 0 heterocycles. The van der Waals surface area contributed by atoms with E-state index in [0.717, 1.165) is 12.8 Å². The third-order valence-electron chi connectivity index (χ3n) is 6.66. The van der Waals surface area contributed by atoms with E-state index in [0.29, 0.717) is 29.8 Å². The van der Waals surface area contributed by atoms with Crippen LogP contribution in [-0.4, -0.2) is 62.6 Å². The molecule has 0 aliphatic carbocycles. The van der Waals surface area contributed by atoms with Crippen molar-refractivity contribution in [1.29, 1.82) is 0 Å². The second-order valence-electron chi connectivity index (χ2n) is 10.7. The summed E-state index contributed by atoms with van der Waals surface area (Å²) in [7, 11) is 0. The molecule has 2 unspecified atom stereocenters. The summed E-state index contributed by atoms with van der Waals surface area (Å²) < 4.78 is 5.71. The number of benzene rings is 2. The Balaban J connectivity index is 2.26. The highest BCUT2D eigenvalue weighted by molar-refractivity contribution is 6.01. The van der Waals surface area contributed by atoms with Crippen LogP contribution in [0.25, 0.3) is 0 Å². The van der Waals surface area contributed by atoms with Crippen LogP contribution >= 0.6 is 0 Å². The molecule has 0 saturated heterocycles. The lowest BCUT2D eigenvalue weighted by molar-refractivity contribution is -0.147. The molecule has 0 radical (unpaired) electrons. The van der Waals surface area contributed by atoms with Crippen LogP contribution in [0.4, 0.5) is 0 Å². The summed E-state index contributed by atoms with van der Waals surface area (Å²) in [6, 6.07) is 13.6. The Labute approximate surface area is 251 Å². The van der Waals surface area contributed by atoms with E-state index in [1.54, 1.807) is 68.4 Å². The van der Waals surface area contributed by atoms with Crippen LogP contribution in [0.5, 0.6) is 5.75 Å². The highest BCUT2D eigenvalue weighted by Crippen LogP contribution is 2.23. The molecule has 0 bridgehead atoms. The summed E-state index contributed by atoms with van der Waals surface area (Å²) in [6.07, 6.45) is 0.489. The minimum Gasteiger partial charge on any atom is -0.481 e. The third-order valence-corrected chi connectivity index (χ3v) is 6.66. The molecular weight excluding hydrogens is 558 g/mol. The fourth-order valence-corrected chi connectivity index (χ4v) is 4.49. The summed E-state index contributed by atoms with van der Waals surface area (Å²) >= 11 is 0. The number of carboxylic acid groups (broad SMARTS) is 2. The molecule has 5 N–H and O–H groups in total. The normalized spacial score (nSPS) is 13.0. The van der Waals surface area contributed by atoms with E-state index in [2.05, 4.69) is 5.32 Å². The van der Waals surface area contributed by atoms with Gasteiger partial charge in [0.15, 0.2) is 0 Å². The number of ether oxygens (including phenoxy) is 1. The monoisotopic (exact) mass is 599 g/mol. The Morgan fingerprint density at radius 1 is 0.907 bits per heavy atom. The number of unbranched alkanes of at least 4 members (excludes halogenated alkanes) is 2. The number of nitrogens with one attached hydrogen (secondary N) is 2. The number of hydrogen-bond acceptors (Lipinski definition) is 7. The molecule has 2 aromatic rings. The van der Waals surface area contributed by atoms with Gasteiger partial charge >= 0.3 is 11.9 Å². The molecule has 0 saturated carbocycles. The minimum atomic E-state index is -1.45. The van der Waals surface area contributed by atoms with Gasteiger partial charge in [-0.2, -0.15) is 0 Å². The predicted octanol–water partition coefficient (Wildman–Crippen LogP) is 3.54. The van der Waals surface area contributed by atoms with Crippen LogP contribution in [0.1, 0.15) is 70.1 Å². The Morgan fingerprint density at radius 2 is 1.56 bits per heavy atom. The van der Waals surface area contributed by atoms with Crippen LogP contribution in [0, 0.1) is 11.8 Å². The fourth-order valence-electron chi connectivity index (χ4n) is 4.49. The van der Waals surface area contributed by atoms with Gasteiger partial charge in [0.25, 0.3) is 5.91 Å². The van der Waals surface area contributed by atoms with Crippen LogP contribution in [0.3, 0.4) is 0 Å². The summed E-state index contributed by atoms with van der Waals surface area (Å²) in [5.41, 5.74) is 2.61. The zero-order valence-corrected chi connectivity index (χ0v) is 24.7. The highest BCUT2D eigenvalue weighted by atomic mass is 16.5. The highest BCUT2D eigenvalue weighted by Gasteiger charge is 2.34.